The molecule has 0 aliphatic carbocycles. The second-order valence-electron chi connectivity index (χ2n) is 1.39. The maximum Gasteiger partial charge on any atom is 0.411 e. The van der Waals surface area contributed by atoms with Gasteiger partial charge in [-0.3, -0.25) is 4.79 Å². The first-order chi connectivity index (χ1) is 4.22. The molecule has 9 heavy (non-hydrogen) atoms. The topological polar surface area (TPSA) is 72.6 Å². The van der Waals surface area contributed by atoms with Crippen molar-refractivity contribution in [1.29, 1.82) is 0 Å². The van der Waals surface area contributed by atoms with Crippen LogP contribution in [-0.4, -0.2) is 16.5 Å². The number of ketones is 1. The molecule has 1 aliphatic rings. The number of rotatable bonds is 0. The normalized spacial score (nSPS) is 16.0. The lowest BCUT2D eigenvalue weighted by Crippen LogP contribution is -2.17. The van der Waals surface area contributed by atoms with Gasteiger partial charge in [-0.05, 0) is 9.92 Å². The molecule has 0 fully saturated rings. The lowest BCUT2D eigenvalue weighted by molar-refractivity contribution is -0.348. The molecule has 0 amide bonds. The predicted molar refractivity (Wildman–Crippen MR) is 28.6 cm³/mol. The molecule has 0 aromatic heterocycles. The van der Waals surface area contributed by atoms with E-state index >= 15 is 0 Å². The molecule has 0 aromatic carbocycles. The van der Waals surface area contributed by atoms with Crippen LogP contribution in [0, 0.1) is 10.1 Å². The summed E-state index contributed by atoms with van der Waals surface area (Å²) in [5.41, 5.74) is 0. The van der Waals surface area contributed by atoms with Gasteiger partial charge in [-0.2, -0.15) is 0 Å². The average molecular weight is 126 g/mol. The van der Waals surface area contributed by atoms with Crippen molar-refractivity contribution in [2.45, 2.75) is 0 Å². The van der Waals surface area contributed by atoms with Gasteiger partial charge in [0.25, 0.3) is 5.78 Å². The van der Waals surface area contributed by atoms with Gasteiger partial charge in [0.15, 0.2) is 0 Å². The van der Waals surface area contributed by atoms with Gasteiger partial charge in [-0.25, -0.2) is 0 Å². The highest BCUT2D eigenvalue weighted by atomic mass is 16.6. The summed E-state index contributed by atoms with van der Waals surface area (Å²) in [5.74, 6) is -1.24. The summed E-state index contributed by atoms with van der Waals surface area (Å²) < 4.78 is 0. The van der Waals surface area contributed by atoms with Gasteiger partial charge in [-0.1, -0.05) is 0 Å². The van der Waals surface area contributed by atoms with Crippen molar-refractivity contribution in [2.75, 3.05) is 0 Å². The molecule has 0 N–H and O–H groups in total. The van der Waals surface area contributed by atoms with Gasteiger partial charge in [0, 0.05) is 6.08 Å². The third kappa shape index (κ3) is 0.835. The lowest BCUT2D eigenvalue weighted by atomic mass is 10.4. The fourth-order valence-corrected chi connectivity index (χ4v) is 0.451. The van der Waals surface area contributed by atoms with E-state index in [1.54, 1.807) is 0 Å². The molecule has 0 saturated carbocycles. The first-order valence-corrected chi connectivity index (χ1v) is 2.15. The first kappa shape index (κ1) is 5.61. The van der Waals surface area contributed by atoms with Gasteiger partial charge < -0.3 is 10.1 Å². The molecule has 0 aromatic rings. The summed E-state index contributed by atoms with van der Waals surface area (Å²) in [4.78, 5) is 22.6. The van der Waals surface area contributed by atoms with E-state index in [2.05, 4.69) is 4.99 Å². The van der Waals surface area contributed by atoms with Crippen molar-refractivity contribution in [3.05, 3.63) is 22.4 Å². The molecular weight excluding hydrogens is 124 g/mol. The molecule has 1 aliphatic heterocycles. The maximum atomic E-state index is 10.4. The van der Waals surface area contributed by atoms with Crippen LogP contribution < -0.4 is 0 Å². The smallest absolute Gasteiger partial charge is 0.358 e. The zero-order chi connectivity index (χ0) is 6.85. The van der Waals surface area contributed by atoms with Gasteiger partial charge in [0.1, 0.15) is 6.20 Å². The van der Waals surface area contributed by atoms with Crippen LogP contribution in [0.2, 0.25) is 0 Å². The maximum absolute atomic E-state index is 10.4. The Morgan fingerprint density at radius 1 is 1.67 bits per heavy atom. The van der Waals surface area contributed by atoms with E-state index in [0.29, 0.717) is 0 Å². The Morgan fingerprint density at radius 3 is 2.56 bits per heavy atom. The number of nitrogens with zero attached hydrogens (tertiary/aromatic N) is 2. The second-order valence-corrected chi connectivity index (χ2v) is 1.39. The number of hydrogen-bond acceptors (Lipinski definition) is 4. The molecule has 0 radical (unpaired) electrons. The van der Waals surface area contributed by atoms with Crippen molar-refractivity contribution < 1.29 is 9.72 Å². The fourth-order valence-electron chi connectivity index (χ4n) is 0.451. The quantitative estimate of drug-likeness (QED) is 0.332. The second kappa shape index (κ2) is 1.77. The van der Waals surface area contributed by atoms with Crippen molar-refractivity contribution in [3.63, 3.8) is 0 Å². The molecule has 0 bridgehead atoms. The number of aliphatic imine (C=N–C) groups is 1. The van der Waals surface area contributed by atoms with E-state index < -0.39 is 16.5 Å². The molecule has 5 nitrogen and oxygen atoms in total. The number of carbonyl (C=O) groups is 1. The summed E-state index contributed by atoms with van der Waals surface area (Å²) in [6.45, 7) is 0. The number of hydrogen-bond donors (Lipinski definition) is 0. The van der Waals surface area contributed by atoms with Crippen LogP contribution in [0.1, 0.15) is 0 Å². The van der Waals surface area contributed by atoms with Gasteiger partial charge in [0.2, 0.25) is 0 Å². The zero-order valence-electron chi connectivity index (χ0n) is 4.27. The van der Waals surface area contributed by atoms with E-state index in [1.165, 1.54) is 0 Å². The van der Waals surface area contributed by atoms with Crippen LogP contribution in [-0.2, 0) is 4.79 Å². The summed E-state index contributed by atoms with van der Waals surface area (Å²) in [6.07, 6.45) is 2.17. The monoisotopic (exact) mass is 126 g/mol. The first-order valence-electron chi connectivity index (χ1n) is 2.15. The minimum atomic E-state index is -0.803. The van der Waals surface area contributed by atoms with Crippen LogP contribution in [0.25, 0.3) is 0 Å². The summed E-state index contributed by atoms with van der Waals surface area (Å²) in [5, 5.41) is 9.83. The Bertz CT molecular complexity index is 228. The van der Waals surface area contributed by atoms with Crippen LogP contribution in [0.15, 0.2) is 17.3 Å². The van der Waals surface area contributed by atoms with Gasteiger partial charge >= 0.3 is 5.84 Å². The van der Waals surface area contributed by atoms with Crippen molar-refractivity contribution in [2.24, 2.45) is 4.99 Å². The Hall–Kier alpha value is -1.52. The zero-order valence-corrected chi connectivity index (χ0v) is 4.27. The summed E-state index contributed by atoms with van der Waals surface area (Å²) in [6, 6.07) is 0. The van der Waals surface area contributed by atoms with Crippen molar-refractivity contribution >= 4 is 11.6 Å². The molecule has 46 valence electrons. The predicted octanol–water partition coefficient (Wildman–Crippen LogP) is -0.242. The highest BCUT2D eigenvalue weighted by molar-refractivity contribution is 6.41. The van der Waals surface area contributed by atoms with E-state index in [0.717, 1.165) is 12.3 Å². The van der Waals surface area contributed by atoms with Crippen LogP contribution in [0.4, 0.5) is 0 Å². The van der Waals surface area contributed by atoms with E-state index in [4.69, 9.17) is 0 Å². The molecule has 1 rings (SSSR count). The van der Waals surface area contributed by atoms with Gasteiger partial charge in [-0.15, -0.1) is 0 Å². The van der Waals surface area contributed by atoms with Crippen LogP contribution in [0.5, 0.6) is 0 Å². The molecule has 5 heteroatoms. The Morgan fingerprint density at radius 2 is 2.33 bits per heavy atom. The molecule has 0 unspecified atom stereocenters. The minimum Gasteiger partial charge on any atom is -0.358 e. The molecular formula is C4H2N2O3. The van der Waals surface area contributed by atoms with Gasteiger partial charge in [0.05, 0.1) is 0 Å². The summed E-state index contributed by atoms with van der Waals surface area (Å²) in [7, 11) is 0. The largest absolute Gasteiger partial charge is 0.411 e. The standard InChI is InChI=1S/C4H2N2O3/c7-3-1-2-5-4(3)6(8)9/h1-2H. The Balaban J connectivity index is 2.88. The van der Waals surface area contributed by atoms with Crippen molar-refractivity contribution in [1.82, 2.24) is 0 Å². The third-order valence-electron chi connectivity index (χ3n) is 0.816. The number of nitro groups is 1. The Kier molecular flexibility index (Phi) is 1.11. The number of amidine groups is 1. The molecule has 0 atom stereocenters. The minimum absolute atomic E-state index is 0.602. The van der Waals surface area contributed by atoms with Crippen LogP contribution in [0.3, 0.4) is 0 Å². The lowest BCUT2D eigenvalue weighted by Gasteiger charge is -1.85. The summed E-state index contributed by atoms with van der Waals surface area (Å²) >= 11 is 0. The van der Waals surface area contributed by atoms with E-state index in [1.807, 2.05) is 0 Å². The number of carbonyl (C=O) groups excluding carboxylic acids is 1. The highest BCUT2D eigenvalue weighted by Gasteiger charge is 2.24. The fraction of sp³-hybridized carbons (Fsp3) is 0. The molecule has 1 heterocycles. The third-order valence-corrected chi connectivity index (χ3v) is 0.816. The van der Waals surface area contributed by atoms with Crippen molar-refractivity contribution in [3.8, 4) is 0 Å². The molecule has 0 saturated heterocycles. The highest BCUT2D eigenvalue weighted by Crippen LogP contribution is 1.95. The SMILES string of the molecule is O=C1C=CN=C1[N+](=O)[O-]. The average Bonchev–Trinajstić information content (AvgIpc) is 2.13. The Labute approximate surface area is 49.8 Å². The van der Waals surface area contributed by atoms with Crippen LogP contribution >= 0.6 is 0 Å². The van der Waals surface area contributed by atoms with E-state index in [9.17, 15) is 14.9 Å². The molecule has 0 spiro atoms. The van der Waals surface area contributed by atoms with E-state index in [-0.39, 0.29) is 0 Å².